The van der Waals surface area contributed by atoms with E-state index in [-0.39, 0.29) is 24.7 Å². The minimum absolute atomic E-state index is 0.00999. The third-order valence-electron chi connectivity index (χ3n) is 4.20. The first-order chi connectivity index (χ1) is 15.4. The molecular formula is C23H23NO7S. The Labute approximate surface area is 186 Å². The number of hydrogen-bond donors (Lipinski definition) is 1. The Morgan fingerprint density at radius 3 is 1.91 bits per heavy atom. The summed E-state index contributed by atoms with van der Waals surface area (Å²) in [5.74, 6) is 1.10. The maximum Gasteiger partial charge on any atom is 0.344 e. The van der Waals surface area contributed by atoms with Gasteiger partial charge in [-0.2, -0.15) is 0 Å². The van der Waals surface area contributed by atoms with Gasteiger partial charge in [-0.25, -0.2) is 18.4 Å². The van der Waals surface area contributed by atoms with Gasteiger partial charge in [0, 0.05) is 0 Å². The second-order valence-electron chi connectivity index (χ2n) is 6.62. The molecule has 0 radical (unpaired) electrons. The number of carbonyl (C=O) groups is 1. The maximum absolute atomic E-state index is 11.8. The maximum atomic E-state index is 11.8. The number of sulfonamides is 1. The van der Waals surface area contributed by atoms with Crippen LogP contribution >= 0.6 is 0 Å². The summed E-state index contributed by atoms with van der Waals surface area (Å²) < 4.78 is 43.9. The standard InChI is InChI=1S/C23H23NO7S/c24-32(26,27)22-12-10-19(11-13-22)28-14-15-29-23(25)17-31-21-8-6-20(7-9-21)30-16-18-4-2-1-3-5-18/h1-13H,14-17H2,(H2,24,26,27). The molecule has 0 saturated carbocycles. The largest absolute Gasteiger partial charge is 0.490 e. The second-order valence-corrected chi connectivity index (χ2v) is 8.18. The van der Waals surface area contributed by atoms with Crippen LogP contribution in [0.5, 0.6) is 17.2 Å². The van der Waals surface area contributed by atoms with Crippen molar-refractivity contribution in [2.24, 2.45) is 5.14 Å². The van der Waals surface area contributed by atoms with Crippen molar-refractivity contribution in [2.45, 2.75) is 11.5 Å². The average molecular weight is 458 g/mol. The van der Waals surface area contributed by atoms with Crippen LogP contribution in [0.25, 0.3) is 0 Å². The zero-order chi connectivity index (χ0) is 22.8. The Hall–Kier alpha value is -3.56. The Morgan fingerprint density at radius 2 is 1.28 bits per heavy atom. The van der Waals surface area contributed by atoms with Crippen LogP contribution in [-0.4, -0.2) is 34.2 Å². The van der Waals surface area contributed by atoms with Crippen LogP contribution in [-0.2, 0) is 26.2 Å². The first-order valence-electron chi connectivity index (χ1n) is 9.71. The highest BCUT2D eigenvalue weighted by atomic mass is 32.2. The lowest BCUT2D eigenvalue weighted by molar-refractivity contribution is -0.146. The highest BCUT2D eigenvalue weighted by Gasteiger charge is 2.08. The summed E-state index contributed by atoms with van der Waals surface area (Å²) in [6.45, 7) is 0.346. The van der Waals surface area contributed by atoms with E-state index in [2.05, 4.69) is 0 Å². The molecule has 0 aromatic heterocycles. The summed E-state index contributed by atoms with van der Waals surface area (Å²) >= 11 is 0. The van der Waals surface area contributed by atoms with E-state index in [0.29, 0.717) is 23.9 Å². The number of carbonyl (C=O) groups excluding carboxylic acids is 1. The molecule has 0 aliphatic heterocycles. The van der Waals surface area contributed by atoms with Crippen molar-refractivity contribution in [3.05, 3.63) is 84.4 Å². The van der Waals surface area contributed by atoms with Crippen LogP contribution < -0.4 is 19.3 Å². The van der Waals surface area contributed by atoms with Crippen molar-refractivity contribution in [3.63, 3.8) is 0 Å². The van der Waals surface area contributed by atoms with Gasteiger partial charge in [-0.1, -0.05) is 30.3 Å². The summed E-state index contributed by atoms with van der Waals surface area (Å²) in [5, 5.41) is 5.03. The normalized spacial score (nSPS) is 10.9. The average Bonchev–Trinajstić information content (AvgIpc) is 2.80. The van der Waals surface area contributed by atoms with Crippen molar-refractivity contribution in [1.29, 1.82) is 0 Å². The molecule has 0 amide bonds. The minimum atomic E-state index is -3.75. The number of benzene rings is 3. The van der Waals surface area contributed by atoms with E-state index in [1.807, 2.05) is 30.3 Å². The van der Waals surface area contributed by atoms with Gasteiger partial charge in [0.05, 0.1) is 4.90 Å². The Morgan fingerprint density at radius 1 is 0.719 bits per heavy atom. The van der Waals surface area contributed by atoms with Crippen LogP contribution in [0.2, 0.25) is 0 Å². The number of hydrogen-bond acceptors (Lipinski definition) is 7. The quantitative estimate of drug-likeness (QED) is 0.348. The molecule has 0 bridgehead atoms. The highest BCUT2D eigenvalue weighted by Crippen LogP contribution is 2.19. The lowest BCUT2D eigenvalue weighted by Crippen LogP contribution is -2.18. The molecule has 0 aliphatic carbocycles. The van der Waals surface area contributed by atoms with Crippen LogP contribution in [0, 0.1) is 0 Å². The molecule has 0 atom stereocenters. The molecule has 0 heterocycles. The smallest absolute Gasteiger partial charge is 0.344 e. The zero-order valence-electron chi connectivity index (χ0n) is 17.2. The number of nitrogens with two attached hydrogens (primary N) is 1. The van der Waals surface area contributed by atoms with Gasteiger partial charge in [0.15, 0.2) is 6.61 Å². The van der Waals surface area contributed by atoms with E-state index in [9.17, 15) is 13.2 Å². The molecule has 0 spiro atoms. The predicted octanol–water partition coefficient (Wildman–Crippen LogP) is 2.91. The topological polar surface area (TPSA) is 114 Å². The van der Waals surface area contributed by atoms with Crippen molar-refractivity contribution >= 4 is 16.0 Å². The molecule has 2 N–H and O–H groups in total. The van der Waals surface area contributed by atoms with Crippen molar-refractivity contribution in [2.75, 3.05) is 19.8 Å². The molecule has 0 unspecified atom stereocenters. The van der Waals surface area contributed by atoms with E-state index in [1.165, 1.54) is 24.3 Å². The molecule has 0 saturated heterocycles. The van der Waals surface area contributed by atoms with E-state index in [1.54, 1.807) is 24.3 Å². The van der Waals surface area contributed by atoms with Crippen LogP contribution in [0.1, 0.15) is 5.56 Å². The minimum Gasteiger partial charge on any atom is -0.490 e. The fraction of sp³-hybridized carbons (Fsp3) is 0.174. The number of esters is 1. The molecule has 32 heavy (non-hydrogen) atoms. The van der Waals surface area contributed by atoms with Gasteiger partial charge in [-0.15, -0.1) is 0 Å². The van der Waals surface area contributed by atoms with Crippen LogP contribution in [0.3, 0.4) is 0 Å². The SMILES string of the molecule is NS(=O)(=O)c1ccc(OCCOC(=O)COc2ccc(OCc3ccccc3)cc2)cc1. The molecule has 3 aromatic rings. The van der Waals surface area contributed by atoms with Gasteiger partial charge in [-0.05, 0) is 54.1 Å². The molecule has 0 fully saturated rings. The summed E-state index contributed by atoms with van der Waals surface area (Å²) in [6.07, 6.45) is 0. The summed E-state index contributed by atoms with van der Waals surface area (Å²) in [7, 11) is -3.75. The lowest BCUT2D eigenvalue weighted by Gasteiger charge is -2.10. The van der Waals surface area contributed by atoms with Gasteiger partial charge in [0.1, 0.15) is 37.1 Å². The Bertz CT molecular complexity index is 1100. The predicted molar refractivity (Wildman–Crippen MR) is 117 cm³/mol. The van der Waals surface area contributed by atoms with E-state index >= 15 is 0 Å². The zero-order valence-corrected chi connectivity index (χ0v) is 18.0. The molecule has 3 rings (SSSR count). The fourth-order valence-corrected chi connectivity index (χ4v) is 3.11. The third-order valence-corrected chi connectivity index (χ3v) is 5.13. The fourth-order valence-electron chi connectivity index (χ4n) is 2.60. The van der Waals surface area contributed by atoms with Crippen LogP contribution in [0.4, 0.5) is 0 Å². The van der Waals surface area contributed by atoms with E-state index in [0.717, 1.165) is 5.56 Å². The van der Waals surface area contributed by atoms with Gasteiger partial charge < -0.3 is 18.9 Å². The van der Waals surface area contributed by atoms with Crippen molar-refractivity contribution < 1.29 is 32.2 Å². The molecular weight excluding hydrogens is 434 g/mol. The molecule has 168 valence electrons. The number of primary sulfonamides is 1. The summed E-state index contributed by atoms with van der Waals surface area (Å²) in [5.41, 5.74) is 1.07. The summed E-state index contributed by atoms with van der Waals surface area (Å²) in [6, 6.07) is 22.4. The number of ether oxygens (including phenoxy) is 4. The molecule has 9 heteroatoms. The Kier molecular flexibility index (Phi) is 8.07. The van der Waals surface area contributed by atoms with Crippen molar-refractivity contribution in [1.82, 2.24) is 0 Å². The lowest BCUT2D eigenvalue weighted by atomic mass is 10.2. The van der Waals surface area contributed by atoms with Gasteiger partial charge in [0.25, 0.3) is 0 Å². The number of rotatable bonds is 11. The summed E-state index contributed by atoms with van der Waals surface area (Å²) in [4.78, 5) is 11.8. The van der Waals surface area contributed by atoms with Gasteiger partial charge >= 0.3 is 5.97 Å². The Balaban J connectivity index is 1.32. The van der Waals surface area contributed by atoms with Gasteiger partial charge in [-0.3, -0.25) is 0 Å². The molecule has 8 nitrogen and oxygen atoms in total. The van der Waals surface area contributed by atoms with Crippen LogP contribution in [0.15, 0.2) is 83.8 Å². The molecule has 3 aromatic carbocycles. The first-order valence-corrected chi connectivity index (χ1v) is 11.3. The molecule has 0 aliphatic rings. The third kappa shape index (κ3) is 7.60. The monoisotopic (exact) mass is 457 g/mol. The van der Waals surface area contributed by atoms with Crippen molar-refractivity contribution in [3.8, 4) is 17.2 Å². The van der Waals surface area contributed by atoms with E-state index in [4.69, 9.17) is 24.1 Å². The van der Waals surface area contributed by atoms with E-state index < -0.39 is 16.0 Å². The second kappa shape index (κ2) is 11.2. The highest BCUT2D eigenvalue weighted by molar-refractivity contribution is 7.89. The first kappa shape index (κ1) is 23.1. The van der Waals surface area contributed by atoms with Gasteiger partial charge in [0.2, 0.25) is 10.0 Å².